The highest BCUT2D eigenvalue weighted by Gasteiger charge is 2.15. The Labute approximate surface area is 122 Å². The van der Waals surface area contributed by atoms with Gasteiger partial charge in [-0.1, -0.05) is 15.9 Å². The summed E-state index contributed by atoms with van der Waals surface area (Å²) in [6, 6.07) is 4.19. The van der Waals surface area contributed by atoms with Gasteiger partial charge in [0.15, 0.2) is 0 Å². The maximum absolute atomic E-state index is 13.4. The first-order valence-electron chi connectivity index (χ1n) is 5.75. The Bertz CT molecular complexity index is 495. The molecule has 0 saturated heterocycles. The molecule has 1 aromatic rings. The summed E-state index contributed by atoms with van der Waals surface area (Å²) in [5, 5.41) is 8.74. The first-order chi connectivity index (χ1) is 9.43. The Morgan fingerprint density at radius 1 is 1.45 bits per heavy atom. The molecule has 0 aliphatic rings. The van der Waals surface area contributed by atoms with E-state index in [2.05, 4.69) is 15.9 Å². The number of rotatable bonds is 6. The van der Waals surface area contributed by atoms with Crippen LogP contribution < -0.4 is 0 Å². The molecule has 1 rings (SSSR count). The number of aliphatic hydroxyl groups excluding tert-OH is 1. The van der Waals surface area contributed by atoms with Crippen LogP contribution in [0.1, 0.15) is 5.56 Å². The molecule has 0 aromatic heterocycles. The van der Waals surface area contributed by atoms with E-state index in [1.807, 2.05) is 0 Å². The molecule has 0 spiro atoms. The van der Waals surface area contributed by atoms with Crippen LogP contribution in [0.5, 0.6) is 0 Å². The minimum absolute atomic E-state index is 0.161. The standard InChI is InChI=1S/C13H13BrF3NO2/c14-10-2-3-11(15)9(7-10)1-4-13(20)18(5-6-19)8-12(16)17/h1-4,7,12,19H,5-6,8H2/b4-1+. The molecule has 110 valence electrons. The van der Waals surface area contributed by atoms with Crippen LogP contribution in [0.4, 0.5) is 13.2 Å². The molecule has 20 heavy (non-hydrogen) atoms. The molecular weight excluding hydrogens is 339 g/mol. The van der Waals surface area contributed by atoms with Gasteiger partial charge < -0.3 is 10.0 Å². The van der Waals surface area contributed by atoms with E-state index in [4.69, 9.17) is 5.11 Å². The SMILES string of the molecule is O=C(/C=C/c1cc(Br)ccc1F)N(CCO)CC(F)F. The van der Waals surface area contributed by atoms with E-state index in [9.17, 15) is 18.0 Å². The number of benzene rings is 1. The van der Waals surface area contributed by atoms with Crippen molar-refractivity contribution in [3.8, 4) is 0 Å². The average Bonchev–Trinajstić information content (AvgIpc) is 2.38. The minimum atomic E-state index is -2.69. The lowest BCUT2D eigenvalue weighted by Gasteiger charge is -2.19. The number of carbonyl (C=O) groups is 1. The monoisotopic (exact) mass is 351 g/mol. The lowest BCUT2D eigenvalue weighted by atomic mass is 10.2. The van der Waals surface area contributed by atoms with E-state index in [-0.39, 0.29) is 12.1 Å². The van der Waals surface area contributed by atoms with Crippen molar-refractivity contribution in [2.45, 2.75) is 6.43 Å². The molecule has 1 amide bonds. The molecule has 0 saturated carbocycles. The second kappa shape index (κ2) is 8.06. The average molecular weight is 352 g/mol. The van der Waals surface area contributed by atoms with E-state index in [0.29, 0.717) is 4.47 Å². The van der Waals surface area contributed by atoms with Gasteiger partial charge >= 0.3 is 0 Å². The highest BCUT2D eigenvalue weighted by molar-refractivity contribution is 9.10. The highest BCUT2D eigenvalue weighted by atomic mass is 79.9. The number of hydrogen-bond donors (Lipinski definition) is 1. The fourth-order valence-corrected chi connectivity index (χ4v) is 1.87. The summed E-state index contributed by atoms with van der Waals surface area (Å²) in [6.45, 7) is -1.39. The molecule has 0 radical (unpaired) electrons. The molecule has 0 bridgehead atoms. The van der Waals surface area contributed by atoms with Crippen LogP contribution in [0.2, 0.25) is 0 Å². The van der Waals surface area contributed by atoms with Crippen molar-refractivity contribution in [3.05, 3.63) is 40.1 Å². The fraction of sp³-hybridized carbons (Fsp3) is 0.308. The van der Waals surface area contributed by atoms with Crippen molar-refractivity contribution in [2.75, 3.05) is 19.7 Å². The minimum Gasteiger partial charge on any atom is -0.395 e. The van der Waals surface area contributed by atoms with Crippen LogP contribution in [0.25, 0.3) is 6.08 Å². The van der Waals surface area contributed by atoms with Crippen molar-refractivity contribution in [1.82, 2.24) is 4.90 Å². The summed E-state index contributed by atoms with van der Waals surface area (Å²) < 4.78 is 38.6. The second-order valence-electron chi connectivity index (χ2n) is 3.90. The Balaban J connectivity index is 2.80. The molecule has 0 fully saturated rings. The summed E-state index contributed by atoms with van der Waals surface area (Å²) in [7, 11) is 0. The van der Waals surface area contributed by atoms with E-state index < -0.39 is 31.3 Å². The van der Waals surface area contributed by atoms with Crippen LogP contribution in [-0.2, 0) is 4.79 Å². The number of amides is 1. The number of nitrogens with zero attached hydrogens (tertiary/aromatic N) is 1. The number of halogens is 4. The van der Waals surface area contributed by atoms with Gasteiger partial charge in [-0.3, -0.25) is 4.79 Å². The summed E-state index contributed by atoms with van der Waals surface area (Å²) in [5.41, 5.74) is 0.161. The normalized spacial score (nSPS) is 11.3. The maximum atomic E-state index is 13.4. The largest absolute Gasteiger partial charge is 0.395 e. The van der Waals surface area contributed by atoms with Gasteiger partial charge in [-0.2, -0.15) is 0 Å². The van der Waals surface area contributed by atoms with E-state index in [1.54, 1.807) is 0 Å². The van der Waals surface area contributed by atoms with E-state index in [1.165, 1.54) is 24.3 Å². The third kappa shape index (κ3) is 5.34. The van der Waals surface area contributed by atoms with Gasteiger partial charge in [-0.25, -0.2) is 13.2 Å². The molecule has 1 N–H and O–H groups in total. The molecule has 0 aliphatic carbocycles. The van der Waals surface area contributed by atoms with Gasteiger partial charge in [0, 0.05) is 22.7 Å². The van der Waals surface area contributed by atoms with Gasteiger partial charge in [-0.05, 0) is 24.3 Å². The summed E-state index contributed by atoms with van der Waals surface area (Å²) in [4.78, 5) is 12.5. The molecule has 7 heteroatoms. The smallest absolute Gasteiger partial charge is 0.255 e. The maximum Gasteiger partial charge on any atom is 0.255 e. The zero-order valence-electron chi connectivity index (χ0n) is 10.4. The van der Waals surface area contributed by atoms with Gasteiger partial charge in [-0.15, -0.1) is 0 Å². The molecule has 1 aromatic carbocycles. The van der Waals surface area contributed by atoms with E-state index in [0.717, 1.165) is 11.0 Å². The van der Waals surface area contributed by atoms with Crippen molar-refractivity contribution < 1.29 is 23.1 Å². The Morgan fingerprint density at radius 3 is 2.75 bits per heavy atom. The number of hydrogen-bond acceptors (Lipinski definition) is 2. The Kier molecular flexibility index (Phi) is 6.74. The number of carbonyl (C=O) groups excluding carboxylic acids is 1. The van der Waals surface area contributed by atoms with Crippen molar-refractivity contribution >= 4 is 27.9 Å². The summed E-state index contributed by atoms with van der Waals surface area (Å²) in [6.07, 6.45) is -0.484. The van der Waals surface area contributed by atoms with Crippen molar-refractivity contribution in [3.63, 3.8) is 0 Å². The van der Waals surface area contributed by atoms with Crippen LogP contribution in [0.15, 0.2) is 28.7 Å². The first-order valence-corrected chi connectivity index (χ1v) is 6.54. The number of aliphatic hydroxyl groups is 1. The van der Waals surface area contributed by atoms with Crippen molar-refractivity contribution in [2.24, 2.45) is 0 Å². The van der Waals surface area contributed by atoms with Gasteiger partial charge in [0.25, 0.3) is 6.43 Å². The second-order valence-corrected chi connectivity index (χ2v) is 4.81. The summed E-state index contributed by atoms with van der Waals surface area (Å²) in [5.74, 6) is -1.24. The van der Waals surface area contributed by atoms with Gasteiger partial charge in [0.1, 0.15) is 5.82 Å². The van der Waals surface area contributed by atoms with Crippen molar-refractivity contribution in [1.29, 1.82) is 0 Å². The molecular formula is C13H13BrF3NO2. The topological polar surface area (TPSA) is 40.5 Å². The van der Waals surface area contributed by atoms with Gasteiger partial charge in [0.05, 0.1) is 13.2 Å². The lowest BCUT2D eigenvalue weighted by molar-refractivity contribution is -0.128. The van der Waals surface area contributed by atoms with E-state index >= 15 is 0 Å². The van der Waals surface area contributed by atoms with Gasteiger partial charge in [0.2, 0.25) is 5.91 Å². The molecule has 0 unspecified atom stereocenters. The van der Waals surface area contributed by atoms with Crippen LogP contribution in [0.3, 0.4) is 0 Å². The zero-order valence-corrected chi connectivity index (χ0v) is 12.0. The lowest BCUT2D eigenvalue weighted by Crippen LogP contribution is -2.36. The highest BCUT2D eigenvalue weighted by Crippen LogP contribution is 2.16. The predicted molar refractivity (Wildman–Crippen MR) is 72.8 cm³/mol. The molecule has 3 nitrogen and oxygen atoms in total. The first kappa shape index (κ1) is 16.7. The molecule has 0 aliphatic heterocycles. The Hall–Kier alpha value is -1.34. The summed E-state index contributed by atoms with van der Waals surface area (Å²) >= 11 is 3.16. The molecule has 0 atom stereocenters. The van der Waals surface area contributed by atoms with Crippen LogP contribution in [0, 0.1) is 5.82 Å². The van der Waals surface area contributed by atoms with Crippen LogP contribution >= 0.6 is 15.9 Å². The predicted octanol–water partition coefficient (Wildman–Crippen LogP) is 2.69. The molecule has 0 heterocycles. The quantitative estimate of drug-likeness (QED) is 0.800. The van der Waals surface area contributed by atoms with Crippen LogP contribution in [-0.4, -0.2) is 42.0 Å². The third-order valence-corrected chi connectivity index (χ3v) is 2.90. The number of alkyl halides is 2. The zero-order chi connectivity index (χ0) is 15.1. The Morgan fingerprint density at radius 2 is 2.15 bits per heavy atom. The third-order valence-electron chi connectivity index (χ3n) is 2.40. The fourth-order valence-electron chi connectivity index (χ4n) is 1.49.